The smallest absolute Gasteiger partial charge is 0.240 e. The summed E-state index contributed by atoms with van der Waals surface area (Å²) in [6.07, 6.45) is 1.44. The van der Waals surface area contributed by atoms with E-state index >= 15 is 0 Å². The largest absolute Gasteiger partial charge is 0.396 e. The number of hydrogen-bond donors (Lipinski definition) is 2. The van der Waals surface area contributed by atoms with E-state index in [2.05, 4.69) is 4.72 Å². The number of rotatable bonds is 8. The van der Waals surface area contributed by atoms with Crippen molar-refractivity contribution in [1.82, 2.24) is 4.72 Å². The summed E-state index contributed by atoms with van der Waals surface area (Å²) < 4.78 is 26.5. The zero-order chi connectivity index (χ0) is 15.2. The lowest BCUT2D eigenvalue weighted by molar-refractivity contribution is 0.101. The SMILES string of the molecule is CC(=O)c1ccc(S(=O)(=O)NCCCC(C)CO)cc1. The van der Waals surface area contributed by atoms with Crippen LogP contribution in [-0.4, -0.2) is 32.5 Å². The molecular formula is C14H21NO4S. The molecule has 0 bridgehead atoms. The van der Waals surface area contributed by atoms with E-state index in [4.69, 9.17) is 5.11 Å². The van der Waals surface area contributed by atoms with Crippen LogP contribution in [0.5, 0.6) is 0 Å². The summed E-state index contributed by atoms with van der Waals surface area (Å²) in [6, 6.07) is 5.86. The molecule has 0 saturated carbocycles. The zero-order valence-corrected chi connectivity index (χ0v) is 12.6. The van der Waals surface area contributed by atoms with Gasteiger partial charge in [-0.2, -0.15) is 0 Å². The van der Waals surface area contributed by atoms with Gasteiger partial charge < -0.3 is 5.11 Å². The van der Waals surface area contributed by atoms with Gasteiger partial charge in [0.2, 0.25) is 10.0 Å². The fraction of sp³-hybridized carbons (Fsp3) is 0.500. The fourth-order valence-corrected chi connectivity index (χ4v) is 2.77. The van der Waals surface area contributed by atoms with Gasteiger partial charge >= 0.3 is 0 Å². The first-order valence-corrected chi connectivity index (χ1v) is 8.06. The molecule has 1 rings (SSSR count). The summed E-state index contributed by atoms with van der Waals surface area (Å²) in [7, 11) is -3.53. The molecule has 0 aliphatic rings. The highest BCUT2D eigenvalue weighted by molar-refractivity contribution is 7.89. The van der Waals surface area contributed by atoms with Gasteiger partial charge in [0.15, 0.2) is 5.78 Å². The number of aliphatic hydroxyl groups is 1. The molecule has 20 heavy (non-hydrogen) atoms. The highest BCUT2D eigenvalue weighted by atomic mass is 32.2. The first kappa shape index (κ1) is 16.8. The molecule has 0 aliphatic heterocycles. The highest BCUT2D eigenvalue weighted by Crippen LogP contribution is 2.11. The van der Waals surface area contributed by atoms with Crippen molar-refractivity contribution in [2.45, 2.75) is 31.6 Å². The molecular weight excluding hydrogens is 278 g/mol. The second kappa shape index (κ2) is 7.52. The number of nitrogens with one attached hydrogen (secondary N) is 1. The number of hydrogen-bond acceptors (Lipinski definition) is 4. The van der Waals surface area contributed by atoms with Gasteiger partial charge in [-0.1, -0.05) is 19.1 Å². The van der Waals surface area contributed by atoms with Crippen molar-refractivity contribution in [2.75, 3.05) is 13.2 Å². The minimum Gasteiger partial charge on any atom is -0.396 e. The monoisotopic (exact) mass is 299 g/mol. The molecule has 1 atom stereocenters. The standard InChI is InChI=1S/C14H21NO4S/c1-11(10-16)4-3-9-15-20(18,19)14-7-5-13(6-8-14)12(2)17/h5-8,11,15-16H,3-4,9-10H2,1-2H3. The number of carbonyl (C=O) groups excluding carboxylic acids is 1. The minimum atomic E-state index is -3.53. The van der Waals surface area contributed by atoms with Gasteiger partial charge in [0.25, 0.3) is 0 Å². The Morgan fingerprint density at radius 3 is 2.40 bits per heavy atom. The quantitative estimate of drug-likeness (QED) is 0.564. The Labute approximate surface area is 120 Å². The van der Waals surface area contributed by atoms with E-state index in [1.165, 1.54) is 31.2 Å². The van der Waals surface area contributed by atoms with Gasteiger partial charge in [-0.15, -0.1) is 0 Å². The van der Waals surface area contributed by atoms with E-state index in [0.717, 1.165) is 6.42 Å². The van der Waals surface area contributed by atoms with Crippen LogP contribution in [0.4, 0.5) is 0 Å². The van der Waals surface area contributed by atoms with E-state index in [1.54, 1.807) is 0 Å². The Bertz CT molecular complexity index is 537. The molecule has 0 fully saturated rings. The second-order valence-electron chi connectivity index (χ2n) is 4.91. The molecule has 0 aliphatic carbocycles. The Hall–Kier alpha value is -1.24. The maximum atomic E-state index is 12.0. The number of benzene rings is 1. The van der Waals surface area contributed by atoms with Crippen molar-refractivity contribution in [3.63, 3.8) is 0 Å². The molecule has 1 unspecified atom stereocenters. The number of aliphatic hydroxyl groups excluding tert-OH is 1. The van der Waals surface area contributed by atoms with E-state index < -0.39 is 10.0 Å². The number of sulfonamides is 1. The van der Waals surface area contributed by atoms with E-state index in [9.17, 15) is 13.2 Å². The maximum absolute atomic E-state index is 12.0. The lowest BCUT2D eigenvalue weighted by Gasteiger charge is -2.09. The molecule has 1 aromatic rings. The molecule has 6 heteroatoms. The number of Topliss-reactive ketones (excluding diaryl/α,β-unsaturated/α-hetero) is 1. The van der Waals surface area contributed by atoms with Crippen LogP contribution in [0.2, 0.25) is 0 Å². The van der Waals surface area contributed by atoms with Gasteiger partial charge in [0, 0.05) is 18.7 Å². The van der Waals surface area contributed by atoms with Crippen LogP contribution in [0.3, 0.4) is 0 Å². The van der Waals surface area contributed by atoms with Gasteiger partial charge in [0.1, 0.15) is 0 Å². The predicted molar refractivity (Wildman–Crippen MR) is 77.1 cm³/mol. The van der Waals surface area contributed by atoms with Gasteiger partial charge in [0.05, 0.1) is 4.90 Å². The summed E-state index contributed by atoms with van der Waals surface area (Å²) in [4.78, 5) is 11.3. The molecule has 2 N–H and O–H groups in total. The van der Waals surface area contributed by atoms with Crippen LogP contribution >= 0.6 is 0 Å². The molecule has 0 saturated heterocycles. The van der Waals surface area contributed by atoms with E-state index in [-0.39, 0.29) is 23.2 Å². The van der Waals surface area contributed by atoms with Crippen molar-refractivity contribution in [3.05, 3.63) is 29.8 Å². The molecule has 0 heterocycles. The topological polar surface area (TPSA) is 83.5 Å². The van der Waals surface area contributed by atoms with Crippen LogP contribution < -0.4 is 4.72 Å². The first-order chi connectivity index (χ1) is 9.36. The predicted octanol–water partition coefficient (Wildman–Crippen LogP) is 1.58. The molecule has 1 aromatic carbocycles. The average molecular weight is 299 g/mol. The van der Waals surface area contributed by atoms with Crippen molar-refractivity contribution in [2.24, 2.45) is 5.92 Å². The van der Waals surface area contributed by atoms with Crippen LogP contribution in [0.15, 0.2) is 29.2 Å². The zero-order valence-electron chi connectivity index (χ0n) is 11.8. The molecule has 0 amide bonds. The molecule has 5 nitrogen and oxygen atoms in total. The summed E-state index contributed by atoms with van der Waals surface area (Å²) in [5.41, 5.74) is 0.487. The minimum absolute atomic E-state index is 0.0973. The lowest BCUT2D eigenvalue weighted by Crippen LogP contribution is -2.25. The molecule has 0 aromatic heterocycles. The fourth-order valence-electron chi connectivity index (χ4n) is 1.70. The molecule has 112 valence electrons. The average Bonchev–Trinajstić information content (AvgIpc) is 2.43. The summed E-state index contributed by atoms with van der Waals surface area (Å²) >= 11 is 0. The second-order valence-corrected chi connectivity index (χ2v) is 6.68. The molecule has 0 radical (unpaired) electrons. The highest BCUT2D eigenvalue weighted by Gasteiger charge is 2.13. The maximum Gasteiger partial charge on any atom is 0.240 e. The third-order valence-corrected chi connectivity index (χ3v) is 4.53. The third-order valence-electron chi connectivity index (χ3n) is 3.05. The van der Waals surface area contributed by atoms with Crippen molar-refractivity contribution in [3.8, 4) is 0 Å². The lowest BCUT2D eigenvalue weighted by atomic mass is 10.1. The Morgan fingerprint density at radius 1 is 1.30 bits per heavy atom. The van der Waals surface area contributed by atoms with E-state index in [1.807, 2.05) is 6.92 Å². The summed E-state index contributed by atoms with van der Waals surface area (Å²) in [5.74, 6) is 0.0780. The van der Waals surface area contributed by atoms with Gasteiger partial charge in [-0.25, -0.2) is 13.1 Å². The van der Waals surface area contributed by atoms with Crippen LogP contribution in [0.1, 0.15) is 37.0 Å². The van der Waals surface area contributed by atoms with Crippen LogP contribution in [-0.2, 0) is 10.0 Å². The van der Waals surface area contributed by atoms with Crippen LogP contribution in [0.25, 0.3) is 0 Å². The first-order valence-electron chi connectivity index (χ1n) is 6.58. The Morgan fingerprint density at radius 2 is 1.90 bits per heavy atom. The molecule has 0 spiro atoms. The van der Waals surface area contributed by atoms with Crippen molar-refractivity contribution in [1.29, 1.82) is 0 Å². The van der Waals surface area contributed by atoms with E-state index in [0.29, 0.717) is 18.5 Å². The normalized spacial score (nSPS) is 13.2. The Kier molecular flexibility index (Phi) is 6.32. The van der Waals surface area contributed by atoms with Crippen LogP contribution in [0, 0.1) is 5.92 Å². The summed E-state index contributed by atoms with van der Waals surface area (Å²) in [6.45, 7) is 3.79. The van der Waals surface area contributed by atoms with Crippen molar-refractivity contribution >= 4 is 15.8 Å². The van der Waals surface area contributed by atoms with Gasteiger partial charge in [-0.05, 0) is 37.8 Å². The van der Waals surface area contributed by atoms with Crippen molar-refractivity contribution < 1.29 is 18.3 Å². The number of carbonyl (C=O) groups is 1. The summed E-state index contributed by atoms with van der Waals surface area (Å²) in [5, 5.41) is 8.88. The van der Waals surface area contributed by atoms with Gasteiger partial charge in [-0.3, -0.25) is 4.79 Å². The Balaban J connectivity index is 2.58. The third kappa shape index (κ3) is 5.03. The number of ketones is 1.